The highest BCUT2D eigenvalue weighted by molar-refractivity contribution is 5.94. The van der Waals surface area contributed by atoms with Crippen molar-refractivity contribution in [3.63, 3.8) is 0 Å². The predicted molar refractivity (Wildman–Crippen MR) is 102 cm³/mol. The molecule has 1 amide bonds. The molecule has 0 radical (unpaired) electrons. The van der Waals surface area contributed by atoms with E-state index in [0.717, 1.165) is 24.1 Å². The highest BCUT2D eigenvalue weighted by Gasteiger charge is 2.26. The van der Waals surface area contributed by atoms with Crippen LogP contribution in [-0.4, -0.2) is 33.9 Å². The Balaban J connectivity index is 1.53. The highest BCUT2D eigenvalue weighted by Crippen LogP contribution is 2.28. The van der Waals surface area contributed by atoms with Gasteiger partial charge in [0, 0.05) is 42.0 Å². The molecule has 0 N–H and O–H groups in total. The molecule has 0 spiro atoms. The number of piperidine rings is 1. The molecule has 1 atom stereocenters. The summed E-state index contributed by atoms with van der Waals surface area (Å²) >= 11 is 0. The summed E-state index contributed by atoms with van der Waals surface area (Å²) in [6.45, 7) is 1.22. The number of halogens is 2. The van der Waals surface area contributed by atoms with Gasteiger partial charge in [0.2, 0.25) is 0 Å². The zero-order valence-electron chi connectivity index (χ0n) is 15.2. The Bertz CT molecular complexity index is 974. The van der Waals surface area contributed by atoms with Crippen molar-refractivity contribution in [1.82, 2.24) is 14.9 Å². The number of aromatic nitrogens is 2. The van der Waals surface area contributed by atoms with E-state index in [2.05, 4.69) is 9.97 Å². The lowest BCUT2D eigenvalue weighted by Gasteiger charge is -2.32. The van der Waals surface area contributed by atoms with E-state index < -0.39 is 0 Å². The Morgan fingerprint density at radius 1 is 0.964 bits per heavy atom. The minimum atomic E-state index is -0.359. The summed E-state index contributed by atoms with van der Waals surface area (Å²) in [7, 11) is 0. The Labute approximate surface area is 161 Å². The van der Waals surface area contributed by atoms with E-state index >= 15 is 0 Å². The second-order valence-electron chi connectivity index (χ2n) is 6.91. The summed E-state index contributed by atoms with van der Waals surface area (Å²) in [4.78, 5) is 23.5. The van der Waals surface area contributed by atoms with Gasteiger partial charge in [-0.05, 0) is 67.4 Å². The van der Waals surface area contributed by atoms with Gasteiger partial charge >= 0.3 is 0 Å². The van der Waals surface area contributed by atoms with Gasteiger partial charge in [0.15, 0.2) is 5.82 Å². The van der Waals surface area contributed by atoms with Crippen molar-refractivity contribution in [3.05, 3.63) is 83.7 Å². The van der Waals surface area contributed by atoms with Crippen LogP contribution in [-0.2, 0) is 0 Å². The minimum absolute atomic E-state index is 0.0975. The SMILES string of the molecule is O=C(c1ccc(F)cc1)N1CCCC(c2ccnc(-c3ccc(F)cc3)n2)C1. The van der Waals surface area contributed by atoms with Gasteiger partial charge in [-0.2, -0.15) is 0 Å². The van der Waals surface area contributed by atoms with Crippen molar-refractivity contribution in [2.45, 2.75) is 18.8 Å². The fourth-order valence-electron chi connectivity index (χ4n) is 3.52. The van der Waals surface area contributed by atoms with Gasteiger partial charge in [-0.1, -0.05) is 0 Å². The topological polar surface area (TPSA) is 46.1 Å². The number of likely N-dealkylation sites (tertiary alicyclic amines) is 1. The lowest BCUT2D eigenvalue weighted by Crippen LogP contribution is -2.39. The van der Waals surface area contributed by atoms with Crippen molar-refractivity contribution in [2.75, 3.05) is 13.1 Å². The molecule has 28 heavy (non-hydrogen) atoms. The molecular weight excluding hydrogens is 360 g/mol. The molecule has 0 saturated carbocycles. The summed E-state index contributed by atoms with van der Waals surface area (Å²) < 4.78 is 26.3. The molecular formula is C22H19F2N3O. The molecule has 1 aliphatic rings. The number of hydrogen-bond donors (Lipinski definition) is 0. The second kappa shape index (κ2) is 7.84. The Morgan fingerprint density at radius 3 is 2.36 bits per heavy atom. The van der Waals surface area contributed by atoms with Crippen molar-refractivity contribution >= 4 is 5.91 Å². The molecule has 4 rings (SSSR count). The number of carbonyl (C=O) groups excluding carboxylic acids is 1. The van der Waals surface area contributed by atoms with Crippen LogP contribution in [0.25, 0.3) is 11.4 Å². The minimum Gasteiger partial charge on any atom is -0.338 e. The van der Waals surface area contributed by atoms with Crippen LogP contribution >= 0.6 is 0 Å². The molecule has 1 aromatic heterocycles. The first kappa shape index (κ1) is 18.2. The Morgan fingerprint density at radius 2 is 1.64 bits per heavy atom. The van der Waals surface area contributed by atoms with Crippen molar-refractivity contribution < 1.29 is 13.6 Å². The second-order valence-corrected chi connectivity index (χ2v) is 6.91. The molecule has 1 aliphatic heterocycles. The highest BCUT2D eigenvalue weighted by atomic mass is 19.1. The summed E-state index contributed by atoms with van der Waals surface area (Å²) in [6, 6.07) is 13.6. The number of carbonyl (C=O) groups is 1. The molecule has 6 heteroatoms. The van der Waals surface area contributed by atoms with Crippen LogP contribution in [0.2, 0.25) is 0 Å². The third kappa shape index (κ3) is 3.91. The van der Waals surface area contributed by atoms with E-state index in [1.807, 2.05) is 6.07 Å². The molecule has 1 unspecified atom stereocenters. The van der Waals surface area contributed by atoms with Crippen molar-refractivity contribution in [1.29, 1.82) is 0 Å². The summed E-state index contributed by atoms with van der Waals surface area (Å²) in [5.74, 6) is -0.123. The monoisotopic (exact) mass is 379 g/mol. The van der Waals surface area contributed by atoms with Gasteiger partial charge in [0.1, 0.15) is 11.6 Å². The molecule has 1 fully saturated rings. The maximum Gasteiger partial charge on any atom is 0.253 e. The first-order valence-electron chi connectivity index (χ1n) is 9.24. The lowest BCUT2D eigenvalue weighted by atomic mass is 9.94. The molecule has 2 aromatic carbocycles. The summed E-state index contributed by atoms with van der Waals surface area (Å²) in [6.07, 6.45) is 3.49. The van der Waals surface area contributed by atoms with E-state index in [-0.39, 0.29) is 23.5 Å². The third-order valence-corrected chi connectivity index (χ3v) is 5.00. The standard InChI is InChI=1S/C22H19F2N3O/c23-18-7-3-15(4-8-18)21-25-12-11-20(26-21)17-2-1-13-27(14-17)22(28)16-5-9-19(24)10-6-16/h3-12,17H,1-2,13-14H2. The van der Waals surface area contributed by atoms with Gasteiger partial charge in [-0.3, -0.25) is 4.79 Å². The average molecular weight is 379 g/mol. The summed E-state index contributed by atoms with van der Waals surface area (Å²) in [5.41, 5.74) is 2.10. The zero-order valence-corrected chi connectivity index (χ0v) is 15.2. The molecule has 4 nitrogen and oxygen atoms in total. The van der Waals surface area contributed by atoms with Gasteiger partial charge in [0.25, 0.3) is 5.91 Å². The van der Waals surface area contributed by atoms with E-state index in [1.165, 1.54) is 36.4 Å². The van der Waals surface area contributed by atoms with E-state index in [0.29, 0.717) is 24.5 Å². The van der Waals surface area contributed by atoms with Gasteiger partial charge in [0.05, 0.1) is 0 Å². The quantitative estimate of drug-likeness (QED) is 0.676. The molecule has 0 aliphatic carbocycles. The average Bonchev–Trinajstić information content (AvgIpc) is 2.74. The molecule has 2 heterocycles. The van der Waals surface area contributed by atoms with Crippen LogP contribution in [0.15, 0.2) is 60.8 Å². The molecule has 1 saturated heterocycles. The normalized spacial score (nSPS) is 16.8. The van der Waals surface area contributed by atoms with Crippen molar-refractivity contribution in [3.8, 4) is 11.4 Å². The summed E-state index contributed by atoms with van der Waals surface area (Å²) in [5, 5.41) is 0. The van der Waals surface area contributed by atoms with E-state index in [9.17, 15) is 13.6 Å². The maximum absolute atomic E-state index is 13.2. The van der Waals surface area contributed by atoms with Gasteiger partial charge in [-0.15, -0.1) is 0 Å². The van der Waals surface area contributed by atoms with Crippen LogP contribution in [0, 0.1) is 11.6 Å². The fraction of sp³-hybridized carbons (Fsp3) is 0.227. The van der Waals surface area contributed by atoms with Crippen molar-refractivity contribution in [2.24, 2.45) is 0 Å². The first-order valence-corrected chi connectivity index (χ1v) is 9.24. The van der Waals surface area contributed by atoms with E-state index in [4.69, 9.17) is 0 Å². The zero-order chi connectivity index (χ0) is 19.5. The molecule has 142 valence electrons. The predicted octanol–water partition coefficient (Wildman–Crippen LogP) is 4.44. The van der Waals surface area contributed by atoms with Crippen LogP contribution in [0.4, 0.5) is 8.78 Å². The Hall–Kier alpha value is -3.15. The number of hydrogen-bond acceptors (Lipinski definition) is 3. The number of benzene rings is 2. The van der Waals surface area contributed by atoms with Gasteiger partial charge < -0.3 is 4.90 Å². The number of rotatable bonds is 3. The number of amides is 1. The van der Waals surface area contributed by atoms with E-state index in [1.54, 1.807) is 23.2 Å². The molecule has 3 aromatic rings. The molecule has 0 bridgehead atoms. The van der Waals surface area contributed by atoms with Crippen LogP contribution in [0.3, 0.4) is 0 Å². The smallest absolute Gasteiger partial charge is 0.253 e. The van der Waals surface area contributed by atoms with Gasteiger partial charge in [-0.25, -0.2) is 18.7 Å². The number of nitrogens with zero attached hydrogens (tertiary/aromatic N) is 3. The fourth-order valence-corrected chi connectivity index (χ4v) is 3.52. The maximum atomic E-state index is 13.2. The van der Waals surface area contributed by atoms with Crippen LogP contribution < -0.4 is 0 Å². The Kier molecular flexibility index (Phi) is 5.10. The first-order chi connectivity index (χ1) is 13.6. The van der Waals surface area contributed by atoms with Crippen LogP contribution in [0.1, 0.15) is 34.8 Å². The third-order valence-electron chi connectivity index (χ3n) is 5.00. The largest absolute Gasteiger partial charge is 0.338 e. The lowest BCUT2D eigenvalue weighted by molar-refractivity contribution is 0.0706. The van der Waals surface area contributed by atoms with Crippen LogP contribution in [0.5, 0.6) is 0 Å².